The summed E-state index contributed by atoms with van der Waals surface area (Å²) in [5.74, 6) is 0. The van der Waals surface area contributed by atoms with Crippen molar-refractivity contribution in [3.05, 3.63) is 243 Å². The SMILES string of the molecule is c1ccc(-c2ccccc2-c2ccc(N(c3ccc(-c4ccc5ccccc5c4)c(-c4ccccc4)c3)c3ccc4c5ccccc5n(-c5ccccc5)c4c3)cc2)cc1. The Labute approximate surface area is 350 Å². The van der Waals surface area contributed by atoms with Gasteiger partial charge in [-0.1, -0.05) is 182 Å². The number of para-hydroxylation sites is 2. The van der Waals surface area contributed by atoms with Crippen LogP contribution in [0.15, 0.2) is 243 Å². The largest absolute Gasteiger partial charge is 0.310 e. The third-order valence-electron chi connectivity index (χ3n) is 11.8. The number of anilines is 3. The molecule has 0 atom stereocenters. The zero-order valence-corrected chi connectivity index (χ0v) is 33.0. The molecule has 11 aromatic rings. The molecule has 0 saturated heterocycles. The lowest BCUT2D eigenvalue weighted by Crippen LogP contribution is -2.10. The van der Waals surface area contributed by atoms with Crippen LogP contribution in [0.4, 0.5) is 17.1 Å². The molecule has 1 heterocycles. The Morgan fingerprint density at radius 1 is 0.267 bits per heavy atom. The molecule has 10 aromatic carbocycles. The summed E-state index contributed by atoms with van der Waals surface area (Å²) in [5, 5.41) is 4.93. The van der Waals surface area contributed by atoms with Crippen LogP contribution >= 0.6 is 0 Å². The summed E-state index contributed by atoms with van der Waals surface area (Å²) < 4.78 is 2.40. The normalized spacial score (nSPS) is 11.3. The van der Waals surface area contributed by atoms with Crippen LogP contribution in [0.5, 0.6) is 0 Å². The van der Waals surface area contributed by atoms with Crippen LogP contribution in [-0.4, -0.2) is 4.57 Å². The maximum Gasteiger partial charge on any atom is 0.0561 e. The van der Waals surface area contributed by atoms with E-state index in [1.807, 2.05) is 0 Å². The fourth-order valence-corrected chi connectivity index (χ4v) is 8.93. The average Bonchev–Trinajstić information content (AvgIpc) is 3.66. The van der Waals surface area contributed by atoms with Crippen LogP contribution in [0.25, 0.3) is 82.8 Å². The molecule has 2 heteroatoms. The summed E-state index contributed by atoms with van der Waals surface area (Å²) in [4.78, 5) is 2.41. The highest BCUT2D eigenvalue weighted by molar-refractivity contribution is 6.10. The summed E-state index contributed by atoms with van der Waals surface area (Å²) in [5.41, 5.74) is 16.3. The Morgan fingerprint density at radius 2 is 0.767 bits per heavy atom. The van der Waals surface area contributed by atoms with Gasteiger partial charge in [-0.05, 0) is 116 Å². The fraction of sp³-hybridized carbons (Fsp3) is 0. The van der Waals surface area contributed by atoms with Gasteiger partial charge in [-0.3, -0.25) is 0 Å². The van der Waals surface area contributed by atoms with Crippen LogP contribution < -0.4 is 4.90 Å². The van der Waals surface area contributed by atoms with Gasteiger partial charge in [-0.2, -0.15) is 0 Å². The van der Waals surface area contributed by atoms with Crippen LogP contribution in [0.2, 0.25) is 0 Å². The lowest BCUT2D eigenvalue weighted by atomic mass is 9.92. The van der Waals surface area contributed by atoms with Crippen molar-refractivity contribution in [2.24, 2.45) is 0 Å². The molecule has 0 saturated carbocycles. The van der Waals surface area contributed by atoms with Gasteiger partial charge < -0.3 is 9.47 Å². The molecule has 1 aromatic heterocycles. The van der Waals surface area contributed by atoms with Crippen molar-refractivity contribution in [1.29, 1.82) is 0 Å². The smallest absolute Gasteiger partial charge is 0.0561 e. The molecule has 2 nitrogen and oxygen atoms in total. The molecule has 0 spiro atoms. The zero-order chi connectivity index (χ0) is 39.8. The summed E-state index contributed by atoms with van der Waals surface area (Å²) >= 11 is 0. The van der Waals surface area contributed by atoms with E-state index in [0.717, 1.165) is 28.3 Å². The van der Waals surface area contributed by atoms with Gasteiger partial charge in [-0.25, -0.2) is 0 Å². The van der Waals surface area contributed by atoms with Crippen LogP contribution in [0.1, 0.15) is 0 Å². The predicted octanol–water partition coefficient (Wildman–Crippen LogP) is 16.1. The van der Waals surface area contributed by atoms with E-state index in [2.05, 4.69) is 252 Å². The molecule has 0 fully saturated rings. The minimum Gasteiger partial charge on any atom is -0.310 e. The zero-order valence-electron chi connectivity index (χ0n) is 33.0. The Bertz CT molecular complexity index is 3290. The molecular formula is C58H40N2. The molecule has 11 rings (SSSR count). The van der Waals surface area contributed by atoms with Crippen LogP contribution in [0.3, 0.4) is 0 Å². The van der Waals surface area contributed by atoms with Crippen molar-refractivity contribution < 1.29 is 0 Å². The number of nitrogens with zero attached hydrogens (tertiary/aromatic N) is 2. The number of fused-ring (bicyclic) bond motifs is 4. The number of rotatable bonds is 8. The average molecular weight is 765 g/mol. The Kier molecular flexibility index (Phi) is 8.87. The highest BCUT2D eigenvalue weighted by Crippen LogP contribution is 2.44. The first-order chi connectivity index (χ1) is 29.8. The van der Waals surface area contributed by atoms with E-state index in [1.54, 1.807) is 0 Å². The van der Waals surface area contributed by atoms with Crippen LogP contribution in [0, 0.1) is 0 Å². The topological polar surface area (TPSA) is 8.17 Å². The summed E-state index contributed by atoms with van der Waals surface area (Å²) in [7, 11) is 0. The van der Waals surface area contributed by atoms with Gasteiger partial charge in [0.1, 0.15) is 0 Å². The molecular weight excluding hydrogens is 725 g/mol. The molecule has 282 valence electrons. The second-order valence-electron chi connectivity index (χ2n) is 15.3. The van der Waals surface area contributed by atoms with Crippen molar-refractivity contribution in [3.63, 3.8) is 0 Å². The third kappa shape index (κ3) is 6.32. The van der Waals surface area contributed by atoms with Gasteiger partial charge in [0, 0.05) is 33.5 Å². The molecule has 0 aliphatic heterocycles. The van der Waals surface area contributed by atoms with Gasteiger partial charge in [0.15, 0.2) is 0 Å². The van der Waals surface area contributed by atoms with Crippen molar-refractivity contribution in [3.8, 4) is 50.2 Å². The van der Waals surface area contributed by atoms with Gasteiger partial charge in [0.05, 0.1) is 11.0 Å². The lowest BCUT2D eigenvalue weighted by molar-refractivity contribution is 1.18. The van der Waals surface area contributed by atoms with Crippen LogP contribution in [-0.2, 0) is 0 Å². The molecule has 60 heavy (non-hydrogen) atoms. The summed E-state index contributed by atoms with van der Waals surface area (Å²) in [6.07, 6.45) is 0. The monoisotopic (exact) mass is 764 g/mol. The van der Waals surface area contributed by atoms with Gasteiger partial charge in [0.25, 0.3) is 0 Å². The minimum atomic E-state index is 1.08. The van der Waals surface area contributed by atoms with E-state index in [4.69, 9.17) is 0 Å². The second kappa shape index (κ2) is 15.1. The lowest BCUT2D eigenvalue weighted by Gasteiger charge is -2.27. The standard InChI is InChI=1S/C58H40N2/c1-4-17-42(18-5-1)51-24-12-13-25-52(51)44-30-32-48(33-31-44)59(50-35-37-55-54-26-14-15-27-57(54)60(58(55)40-50)47-22-8-3-9-23-47)49-34-36-53(56(39-49)43-19-6-2-7-20-43)46-29-28-41-16-10-11-21-45(41)38-46/h1-40H. The first kappa shape index (κ1) is 35.2. The number of benzene rings is 10. The van der Waals surface area contributed by atoms with Crippen molar-refractivity contribution in [1.82, 2.24) is 4.57 Å². The molecule has 0 amide bonds. The molecule has 0 bridgehead atoms. The maximum atomic E-state index is 2.41. The molecule has 0 aliphatic carbocycles. The Balaban J connectivity index is 1.12. The van der Waals surface area contributed by atoms with E-state index in [9.17, 15) is 0 Å². The van der Waals surface area contributed by atoms with Gasteiger partial charge >= 0.3 is 0 Å². The van der Waals surface area contributed by atoms with E-state index in [1.165, 1.54) is 71.6 Å². The summed E-state index contributed by atoms with van der Waals surface area (Å²) in [6.45, 7) is 0. The first-order valence-corrected chi connectivity index (χ1v) is 20.6. The van der Waals surface area contributed by atoms with Crippen molar-refractivity contribution >= 4 is 49.6 Å². The molecule has 0 aliphatic rings. The second-order valence-corrected chi connectivity index (χ2v) is 15.3. The predicted molar refractivity (Wildman–Crippen MR) is 255 cm³/mol. The van der Waals surface area contributed by atoms with Gasteiger partial charge in [0.2, 0.25) is 0 Å². The van der Waals surface area contributed by atoms with Crippen molar-refractivity contribution in [2.75, 3.05) is 4.90 Å². The first-order valence-electron chi connectivity index (χ1n) is 20.6. The summed E-state index contributed by atoms with van der Waals surface area (Å²) in [6, 6.07) is 88.0. The third-order valence-corrected chi connectivity index (χ3v) is 11.8. The number of hydrogen-bond acceptors (Lipinski definition) is 1. The molecule has 0 radical (unpaired) electrons. The molecule has 0 unspecified atom stereocenters. The van der Waals surface area contributed by atoms with Gasteiger partial charge in [-0.15, -0.1) is 0 Å². The fourth-order valence-electron chi connectivity index (χ4n) is 8.93. The van der Waals surface area contributed by atoms with E-state index < -0.39 is 0 Å². The van der Waals surface area contributed by atoms with E-state index in [-0.39, 0.29) is 0 Å². The highest BCUT2D eigenvalue weighted by atomic mass is 15.1. The highest BCUT2D eigenvalue weighted by Gasteiger charge is 2.20. The maximum absolute atomic E-state index is 2.41. The molecule has 0 N–H and O–H groups in total. The van der Waals surface area contributed by atoms with E-state index >= 15 is 0 Å². The number of aromatic nitrogens is 1. The van der Waals surface area contributed by atoms with E-state index in [0.29, 0.717) is 0 Å². The quantitative estimate of drug-likeness (QED) is 0.150. The van der Waals surface area contributed by atoms with Crippen molar-refractivity contribution in [2.45, 2.75) is 0 Å². The Hall–Kier alpha value is -7.94. The minimum absolute atomic E-state index is 1.08. The Morgan fingerprint density at radius 3 is 1.50 bits per heavy atom. The number of hydrogen-bond donors (Lipinski definition) is 0.